The summed E-state index contributed by atoms with van der Waals surface area (Å²) in [5.74, 6) is 0.551. The molecule has 1 aliphatic rings. The Morgan fingerprint density at radius 2 is 2.00 bits per heavy atom. The van der Waals surface area contributed by atoms with Crippen LogP contribution in [0.3, 0.4) is 0 Å². The van der Waals surface area contributed by atoms with Gasteiger partial charge in [0, 0.05) is 24.1 Å². The van der Waals surface area contributed by atoms with Crippen LogP contribution in [-0.2, 0) is 4.79 Å². The van der Waals surface area contributed by atoms with E-state index in [4.69, 9.17) is 10.5 Å². The third-order valence-electron chi connectivity index (χ3n) is 3.24. The highest BCUT2D eigenvalue weighted by Crippen LogP contribution is 2.34. The normalized spacial score (nSPS) is 13.2. The van der Waals surface area contributed by atoms with E-state index in [1.54, 1.807) is 0 Å². The zero-order valence-electron chi connectivity index (χ0n) is 11.1. The minimum absolute atomic E-state index is 0.0669. The molecule has 20 heavy (non-hydrogen) atoms. The molecule has 0 spiro atoms. The third-order valence-corrected chi connectivity index (χ3v) is 3.24. The van der Waals surface area contributed by atoms with Crippen molar-refractivity contribution in [1.82, 2.24) is 0 Å². The molecule has 2 aromatic rings. The first-order valence-corrected chi connectivity index (χ1v) is 6.29. The molecule has 102 valence electrons. The van der Waals surface area contributed by atoms with Crippen LogP contribution in [-0.4, -0.2) is 19.6 Å². The number of anilines is 4. The number of carbonyl (C=O) groups is 1. The van der Waals surface area contributed by atoms with Crippen LogP contribution in [0.5, 0.6) is 5.75 Å². The van der Waals surface area contributed by atoms with Crippen molar-refractivity contribution in [3.63, 3.8) is 0 Å². The van der Waals surface area contributed by atoms with Crippen molar-refractivity contribution in [3.8, 4) is 5.75 Å². The van der Waals surface area contributed by atoms with E-state index in [1.165, 1.54) is 0 Å². The van der Waals surface area contributed by atoms with Crippen LogP contribution in [0.4, 0.5) is 22.7 Å². The first kappa shape index (κ1) is 12.3. The molecule has 3 N–H and O–H groups in total. The quantitative estimate of drug-likeness (QED) is 0.821. The Balaban J connectivity index is 1.94. The van der Waals surface area contributed by atoms with Gasteiger partial charge in [0.15, 0.2) is 6.61 Å². The first-order chi connectivity index (χ1) is 9.63. The maximum Gasteiger partial charge on any atom is 0.262 e. The van der Waals surface area contributed by atoms with E-state index < -0.39 is 0 Å². The maximum atomic E-state index is 11.4. The molecular formula is C15H15N3O2. The van der Waals surface area contributed by atoms with E-state index in [0.717, 1.165) is 11.4 Å². The van der Waals surface area contributed by atoms with Crippen molar-refractivity contribution < 1.29 is 9.53 Å². The highest BCUT2D eigenvalue weighted by molar-refractivity contribution is 5.96. The molecule has 5 nitrogen and oxygen atoms in total. The average Bonchev–Trinajstić information content (AvgIpc) is 2.45. The molecule has 0 saturated carbocycles. The van der Waals surface area contributed by atoms with Crippen LogP contribution in [0.2, 0.25) is 0 Å². The van der Waals surface area contributed by atoms with Crippen LogP contribution < -0.4 is 20.7 Å². The number of hydrogen-bond acceptors (Lipinski definition) is 4. The van der Waals surface area contributed by atoms with Crippen molar-refractivity contribution in [2.75, 3.05) is 29.6 Å². The highest BCUT2D eigenvalue weighted by Gasteiger charge is 2.17. The van der Waals surface area contributed by atoms with Crippen LogP contribution in [0, 0.1) is 0 Å². The molecule has 0 fully saturated rings. The van der Waals surface area contributed by atoms with Gasteiger partial charge in [-0.1, -0.05) is 6.07 Å². The van der Waals surface area contributed by atoms with Gasteiger partial charge >= 0.3 is 0 Å². The first-order valence-electron chi connectivity index (χ1n) is 6.29. The molecular weight excluding hydrogens is 254 g/mol. The lowest BCUT2D eigenvalue weighted by atomic mass is 10.2. The molecule has 1 aliphatic heterocycles. The topological polar surface area (TPSA) is 67.6 Å². The van der Waals surface area contributed by atoms with Crippen molar-refractivity contribution in [1.29, 1.82) is 0 Å². The summed E-state index contributed by atoms with van der Waals surface area (Å²) in [6.07, 6.45) is 0. The second kappa shape index (κ2) is 4.77. The maximum absolute atomic E-state index is 11.4. The number of nitrogens with zero attached hydrogens (tertiary/aromatic N) is 1. The molecule has 0 aliphatic carbocycles. The number of fused-ring (bicyclic) bond motifs is 1. The minimum Gasteiger partial charge on any atom is -0.482 e. The van der Waals surface area contributed by atoms with Gasteiger partial charge in [-0.15, -0.1) is 0 Å². The molecule has 0 unspecified atom stereocenters. The Morgan fingerprint density at radius 3 is 2.80 bits per heavy atom. The van der Waals surface area contributed by atoms with Crippen molar-refractivity contribution in [3.05, 3.63) is 42.5 Å². The fourth-order valence-electron chi connectivity index (χ4n) is 2.16. The van der Waals surface area contributed by atoms with Gasteiger partial charge in [-0.05, 0) is 36.4 Å². The number of hydrogen-bond donors (Lipinski definition) is 2. The number of nitrogens with two attached hydrogens (primary N) is 1. The number of rotatable bonds is 2. The summed E-state index contributed by atoms with van der Waals surface area (Å²) in [5.41, 5.74) is 9.13. The number of benzene rings is 2. The van der Waals surface area contributed by atoms with Gasteiger partial charge < -0.3 is 20.7 Å². The Morgan fingerprint density at radius 1 is 1.20 bits per heavy atom. The van der Waals surface area contributed by atoms with Gasteiger partial charge in [-0.25, -0.2) is 0 Å². The zero-order valence-corrected chi connectivity index (χ0v) is 11.1. The molecule has 1 heterocycles. The highest BCUT2D eigenvalue weighted by atomic mass is 16.5. The number of ether oxygens (including phenoxy) is 1. The summed E-state index contributed by atoms with van der Waals surface area (Å²) in [6.45, 7) is 0.0669. The van der Waals surface area contributed by atoms with Crippen LogP contribution in [0.15, 0.2) is 42.5 Å². The van der Waals surface area contributed by atoms with E-state index in [2.05, 4.69) is 5.32 Å². The number of amides is 1. The number of nitrogens with one attached hydrogen (secondary N) is 1. The van der Waals surface area contributed by atoms with E-state index in [1.807, 2.05) is 54.4 Å². The predicted octanol–water partition coefficient (Wildman–Crippen LogP) is 2.37. The van der Waals surface area contributed by atoms with Gasteiger partial charge in [0.05, 0.1) is 5.69 Å². The minimum atomic E-state index is -0.138. The smallest absolute Gasteiger partial charge is 0.262 e. The summed E-state index contributed by atoms with van der Waals surface area (Å²) in [5, 5.41) is 2.80. The van der Waals surface area contributed by atoms with Crippen LogP contribution in [0.1, 0.15) is 0 Å². The monoisotopic (exact) mass is 269 g/mol. The van der Waals surface area contributed by atoms with E-state index >= 15 is 0 Å². The Kier molecular flexibility index (Phi) is 2.95. The van der Waals surface area contributed by atoms with Gasteiger partial charge in [-0.3, -0.25) is 4.79 Å². The molecule has 0 aromatic heterocycles. The fourth-order valence-corrected chi connectivity index (χ4v) is 2.16. The second-order valence-corrected chi connectivity index (χ2v) is 4.67. The van der Waals surface area contributed by atoms with Gasteiger partial charge in [0.1, 0.15) is 5.75 Å². The summed E-state index contributed by atoms with van der Waals surface area (Å²) in [4.78, 5) is 13.4. The van der Waals surface area contributed by atoms with Gasteiger partial charge in [0.2, 0.25) is 0 Å². The predicted molar refractivity (Wildman–Crippen MR) is 79.5 cm³/mol. The zero-order chi connectivity index (χ0) is 14.1. The summed E-state index contributed by atoms with van der Waals surface area (Å²) >= 11 is 0. The van der Waals surface area contributed by atoms with Crippen molar-refractivity contribution in [2.45, 2.75) is 0 Å². The van der Waals surface area contributed by atoms with E-state index in [9.17, 15) is 4.79 Å². The molecule has 0 atom stereocenters. The lowest BCUT2D eigenvalue weighted by molar-refractivity contribution is -0.118. The summed E-state index contributed by atoms with van der Waals surface area (Å²) in [6, 6.07) is 13.3. The summed E-state index contributed by atoms with van der Waals surface area (Å²) < 4.78 is 5.34. The van der Waals surface area contributed by atoms with E-state index in [0.29, 0.717) is 17.1 Å². The Bertz CT molecular complexity index is 670. The van der Waals surface area contributed by atoms with Crippen LogP contribution >= 0.6 is 0 Å². The standard InChI is InChI=1S/C15H15N3O2/c1-18(11-4-2-3-10(16)7-11)12-5-6-14-13(8-12)17-15(19)9-20-14/h2-8H,9,16H2,1H3,(H,17,19). The second-order valence-electron chi connectivity index (χ2n) is 4.67. The molecule has 5 heteroatoms. The Hall–Kier alpha value is -2.69. The Labute approximate surface area is 117 Å². The largest absolute Gasteiger partial charge is 0.482 e. The molecule has 2 aromatic carbocycles. The third kappa shape index (κ3) is 2.25. The summed E-state index contributed by atoms with van der Waals surface area (Å²) in [7, 11) is 1.95. The lowest BCUT2D eigenvalue weighted by Crippen LogP contribution is -2.25. The van der Waals surface area contributed by atoms with E-state index in [-0.39, 0.29) is 12.5 Å². The SMILES string of the molecule is CN(c1cccc(N)c1)c1ccc2c(c1)NC(=O)CO2. The average molecular weight is 269 g/mol. The molecule has 0 radical (unpaired) electrons. The molecule has 3 rings (SSSR count). The number of carbonyl (C=O) groups excluding carboxylic acids is 1. The van der Waals surface area contributed by atoms with Gasteiger partial charge in [0.25, 0.3) is 5.91 Å². The molecule has 1 amide bonds. The van der Waals surface area contributed by atoms with Crippen molar-refractivity contribution >= 4 is 28.7 Å². The van der Waals surface area contributed by atoms with Gasteiger partial charge in [-0.2, -0.15) is 0 Å². The molecule has 0 saturated heterocycles. The molecule has 0 bridgehead atoms. The fraction of sp³-hybridized carbons (Fsp3) is 0.133. The van der Waals surface area contributed by atoms with Crippen LogP contribution in [0.25, 0.3) is 0 Å². The van der Waals surface area contributed by atoms with Crippen molar-refractivity contribution in [2.24, 2.45) is 0 Å². The number of nitrogen functional groups attached to an aromatic ring is 1. The lowest BCUT2D eigenvalue weighted by Gasteiger charge is -2.23.